The first-order valence-electron chi connectivity index (χ1n) is 7.84. The van der Waals surface area contributed by atoms with Gasteiger partial charge in [0.25, 0.3) is 5.91 Å². The molecule has 0 fully saturated rings. The first-order chi connectivity index (χ1) is 13.1. The zero-order valence-corrected chi connectivity index (χ0v) is 19.0. The monoisotopic (exact) mass is 567 g/mol. The van der Waals surface area contributed by atoms with Crippen molar-refractivity contribution in [2.45, 2.75) is 0 Å². The van der Waals surface area contributed by atoms with Crippen LogP contribution in [0.15, 0.2) is 69.6 Å². The number of benzene rings is 2. The Morgan fingerprint density at radius 1 is 1.19 bits per heavy atom. The Bertz CT molecular complexity index is 1140. The van der Waals surface area contributed by atoms with Crippen LogP contribution in [0.2, 0.25) is 0 Å². The Morgan fingerprint density at radius 3 is 2.81 bits per heavy atom. The van der Waals surface area contributed by atoms with E-state index in [2.05, 4.69) is 48.6 Å². The molecule has 2 heterocycles. The summed E-state index contributed by atoms with van der Waals surface area (Å²) < 4.78 is 2.84. The van der Waals surface area contributed by atoms with Crippen LogP contribution in [0.1, 0.15) is 15.2 Å². The molecule has 0 saturated carbocycles. The third-order valence-electron chi connectivity index (χ3n) is 3.66. The van der Waals surface area contributed by atoms with E-state index in [0.29, 0.717) is 10.7 Å². The molecule has 4 aromatic rings. The summed E-state index contributed by atoms with van der Waals surface area (Å²) in [7, 11) is 0. The van der Waals surface area contributed by atoms with Gasteiger partial charge in [-0.25, -0.2) is 4.98 Å². The standard InChI is InChI=1S/C19H11BrIN3OS2/c20-12-7-8-16-17(10-12)27-19(23-16)24(22-11-13-4-3-9-26-13)18(25)14-5-1-2-6-15(14)21/h1-11H/b22-11+. The number of carbonyl (C=O) groups excluding carboxylic acids is 1. The second-order valence-corrected chi connectivity index (χ2v) is 9.53. The smallest absolute Gasteiger partial charge is 0.267 e. The van der Waals surface area contributed by atoms with Crippen molar-refractivity contribution in [2.24, 2.45) is 5.10 Å². The molecule has 0 aliphatic carbocycles. The molecule has 27 heavy (non-hydrogen) atoms. The van der Waals surface area contributed by atoms with Crippen LogP contribution in [-0.4, -0.2) is 17.1 Å². The second kappa shape index (κ2) is 8.17. The molecule has 134 valence electrons. The lowest BCUT2D eigenvalue weighted by Crippen LogP contribution is -2.26. The molecule has 2 aromatic carbocycles. The molecule has 4 nitrogen and oxygen atoms in total. The van der Waals surface area contributed by atoms with Gasteiger partial charge in [0.15, 0.2) is 0 Å². The van der Waals surface area contributed by atoms with Gasteiger partial charge in [-0.1, -0.05) is 45.5 Å². The maximum atomic E-state index is 13.2. The average Bonchev–Trinajstić information content (AvgIpc) is 3.31. The second-order valence-electron chi connectivity index (χ2n) is 5.47. The number of fused-ring (bicyclic) bond motifs is 1. The lowest BCUT2D eigenvalue weighted by molar-refractivity contribution is 0.0987. The maximum absolute atomic E-state index is 13.2. The van der Waals surface area contributed by atoms with Crippen molar-refractivity contribution < 1.29 is 4.79 Å². The Morgan fingerprint density at radius 2 is 2.04 bits per heavy atom. The van der Waals surface area contributed by atoms with E-state index < -0.39 is 0 Å². The molecular formula is C19H11BrIN3OS2. The quantitative estimate of drug-likeness (QED) is 0.163. The molecule has 0 aliphatic heterocycles. The molecule has 0 atom stereocenters. The molecule has 0 radical (unpaired) electrons. The van der Waals surface area contributed by atoms with Crippen molar-refractivity contribution in [2.75, 3.05) is 5.01 Å². The van der Waals surface area contributed by atoms with E-state index in [0.717, 1.165) is 23.1 Å². The van der Waals surface area contributed by atoms with Gasteiger partial charge in [0.05, 0.1) is 22.0 Å². The largest absolute Gasteiger partial charge is 0.281 e. The summed E-state index contributed by atoms with van der Waals surface area (Å²) in [6, 6.07) is 17.2. The minimum Gasteiger partial charge on any atom is -0.267 e. The summed E-state index contributed by atoms with van der Waals surface area (Å²) >= 11 is 8.65. The van der Waals surface area contributed by atoms with Gasteiger partial charge in [0.1, 0.15) is 0 Å². The molecule has 0 aliphatic rings. The molecule has 1 amide bonds. The number of carbonyl (C=O) groups is 1. The molecule has 8 heteroatoms. The highest BCUT2D eigenvalue weighted by Gasteiger charge is 2.22. The third kappa shape index (κ3) is 4.13. The molecular weight excluding hydrogens is 557 g/mol. The molecule has 0 unspecified atom stereocenters. The van der Waals surface area contributed by atoms with E-state index in [9.17, 15) is 4.79 Å². The Kier molecular flexibility index (Phi) is 5.67. The number of nitrogens with zero attached hydrogens (tertiary/aromatic N) is 3. The minimum absolute atomic E-state index is 0.203. The number of thiophene rings is 1. The van der Waals surface area contributed by atoms with Crippen molar-refractivity contribution >= 4 is 88.7 Å². The van der Waals surface area contributed by atoms with E-state index in [1.807, 2.05) is 60.0 Å². The van der Waals surface area contributed by atoms with Gasteiger partial charge >= 0.3 is 0 Å². The number of anilines is 1. The fourth-order valence-electron chi connectivity index (χ4n) is 2.39. The number of thiazole rings is 1. The lowest BCUT2D eigenvalue weighted by atomic mass is 10.2. The maximum Gasteiger partial charge on any atom is 0.281 e. The number of rotatable bonds is 4. The van der Waals surface area contributed by atoms with Crippen molar-refractivity contribution in [3.05, 3.63) is 78.5 Å². The fourth-order valence-corrected chi connectivity index (χ4v) is 5.07. The Labute approximate surface area is 185 Å². The summed E-state index contributed by atoms with van der Waals surface area (Å²) in [6.07, 6.45) is 1.69. The van der Waals surface area contributed by atoms with Crippen LogP contribution in [0.3, 0.4) is 0 Å². The SMILES string of the molecule is O=C(c1ccccc1I)N(/N=C/c1cccs1)c1nc2ccc(Br)cc2s1. The number of halogens is 2. The topological polar surface area (TPSA) is 45.6 Å². The van der Waals surface area contributed by atoms with Crippen LogP contribution in [0.4, 0.5) is 5.13 Å². The van der Waals surface area contributed by atoms with E-state index in [4.69, 9.17) is 0 Å². The number of hydrogen-bond donors (Lipinski definition) is 0. The fraction of sp³-hybridized carbons (Fsp3) is 0. The Balaban J connectivity index is 1.79. The molecule has 0 N–H and O–H groups in total. The number of hydrogen-bond acceptors (Lipinski definition) is 5. The zero-order chi connectivity index (χ0) is 18.8. The highest BCUT2D eigenvalue weighted by molar-refractivity contribution is 14.1. The predicted molar refractivity (Wildman–Crippen MR) is 125 cm³/mol. The molecule has 0 saturated heterocycles. The minimum atomic E-state index is -0.203. The molecule has 0 spiro atoms. The number of hydrazone groups is 1. The lowest BCUT2D eigenvalue weighted by Gasteiger charge is -2.14. The van der Waals surface area contributed by atoms with Crippen LogP contribution < -0.4 is 5.01 Å². The van der Waals surface area contributed by atoms with Crippen LogP contribution in [0, 0.1) is 3.57 Å². The van der Waals surface area contributed by atoms with Gasteiger partial charge in [-0.2, -0.15) is 10.1 Å². The Hall–Kier alpha value is -1.62. The van der Waals surface area contributed by atoms with E-state index in [-0.39, 0.29) is 5.91 Å². The summed E-state index contributed by atoms with van der Waals surface area (Å²) in [4.78, 5) is 18.8. The zero-order valence-electron chi connectivity index (χ0n) is 13.7. The van der Waals surface area contributed by atoms with Crippen molar-refractivity contribution in [3.63, 3.8) is 0 Å². The molecule has 4 rings (SSSR count). The molecule has 2 aromatic heterocycles. The predicted octanol–water partition coefficient (Wildman–Crippen LogP) is 6.41. The van der Waals surface area contributed by atoms with Gasteiger partial charge in [-0.15, -0.1) is 11.3 Å². The molecule has 0 bridgehead atoms. The normalized spacial score (nSPS) is 11.3. The number of amides is 1. The first-order valence-corrected chi connectivity index (χ1v) is 11.4. The highest BCUT2D eigenvalue weighted by atomic mass is 127. The first kappa shape index (κ1) is 18.7. The van der Waals surface area contributed by atoms with Crippen molar-refractivity contribution in [3.8, 4) is 0 Å². The van der Waals surface area contributed by atoms with Crippen molar-refractivity contribution in [1.82, 2.24) is 4.98 Å². The van der Waals surface area contributed by atoms with Gasteiger partial charge in [0.2, 0.25) is 5.13 Å². The van der Waals surface area contributed by atoms with E-state index in [1.165, 1.54) is 16.3 Å². The van der Waals surface area contributed by atoms with Crippen LogP contribution >= 0.6 is 61.2 Å². The summed E-state index contributed by atoms with van der Waals surface area (Å²) in [5, 5.41) is 8.38. The highest BCUT2D eigenvalue weighted by Crippen LogP contribution is 2.32. The summed E-state index contributed by atoms with van der Waals surface area (Å²) in [6.45, 7) is 0. The van der Waals surface area contributed by atoms with Gasteiger partial charge in [-0.05, 0) is 64.4 Å². The third-order valence-corrected chi connectivity index (χ3v) is 6.90. The summed E-state index contributed by atoms with van der Waals surface area (Å²) in [5.74, 6) is -0.203. The van der Waals surface area contributed by atoms with E-state index >= 15 is 0 Å². The number of aromatic nitrogens is 1. The average molecular weight is 568 g/mol. The summed E-state index contributed by atoms with van der Waals surface area (Å²) in [5.41, 5.74) is 1.44. The van der Waals surface area contributed by atoms with Crippen LogP contribution in [-0.2, 0) is 0 Å². The van der Waals surface area contributed by atoms with Gasteiger partial charge in [0, 0.05) is 12.9 Å². The van der Waals surface area contributed by atoms with E-state index in [1.54, 1.807) is 17.6 Å². The van der Waals surface area contributed by atoms with Crippen LogP contribution in [0.5, 0.6) is 0 Å². The van der Waals surface area contributed by atoms with Gasteiger partial charge in [-0.3, -0.25) is 4.79 Å². The van der Waals surface area contributed by atoms with Crippen LogP contribution in [0.25, 0.3) is 10.2 Å². The van der Waals surface area contributed by atoms with Crippen molar-refractivity contribution in [1.29, 1.82) is 0 Å². The van der Waals surface area contributed by atoms with Gasteiger partial charge < -0.3 is 0 Å².